The highest BCUT2D eigenvalue weighted by Gasteiger charge is 2.27. The molecule has 1 N–H and O–H groups in total. The molecule has 0 radical (unpaired) electrons. The second-order valence-electron chi connectivity index (χ2n) is 6.78. The third-order valence-corrected chi connectivity index (χ3v) is 5.14. The first-order valence-corrected chi connectivity index (χ1v) is 9.08. The molecule has 0 unspecified atom stereocenters. The third-order valence-electron chi connectivity index (χ3n) is 4.90. The molecule has 132 valence electrons. The van der Waals surface area contributed by atoms with Crippen LogP contribution in [0.1, 0.15) is 39.2 Å². The van der Waals surface area contributed by atoms with Gasteiger partial charge in [0.15, 0.2) is 5.69 Å². The molecule has 2 aromatic carbocycles. The van der Waals surface area contributed by atoms with Gasteiger partial charge in [-0.2, -0.15) is 5.10 Å². The lowest BCUT2D eigenvalue weighted by Crippen LogP contribution is -2.06. The minimum atomic E-state index is -0.971. The summed E-state index contributed by atoms with van der Waals surface area (Å²) in [6.45, 7) is 2.59. The van der Waals surface area contributed by atoms with Gasteiger partial charge in [0.1, 0.15) is 0 Å². The van der Waals surface area contributed by atoms with Crippen LogP contribution in [0.25, 0.3) is 11.3 Å². The molecule has 5 heteroatoms. The van der Waals surface area contributed by atoms with Crippen molar-refractivity contribution >= 4 is 17.6 Å². The maximum Gasteiger partial charge on any atom is 0.356 e. The second kappa shape index (κ2) is 6.61. The molecule has 4 nitrogen and oxygen atoms in total. The number of rotatable bonds is 3. The molecule has 1 heterocycles. The van der Waals surface area contributed by atoms with Gasteiger partial charge in [-0.05, 0) is 49.4 Å². The number of aromatic carboxylic acids is 1. The molecule has 0 saturated carbocycles. The number of halogens is 1. The van der Waals surface area contributed by atoms with Crippen LogP contribution in [0, 0.1) is 6.92 Å². The van der Waals surface area contributed by atoms with Crippen molar-refractivity contribution < 1.29 is 9.90 Å². The highest BCUT2D eigenvalue weighted by molar-refractivity contribution is 6.30. The van der Waals surface area contributed by atoms with Crippen LogP contribution >= 0.6 is 11.6 Å². The fourth-order valence-corrected chi connectivity index (χ4v) is 3.84. The van der Waals surface area contributed by atoms with Crippen LogP contribution in [0.5, 0.6) is 0 Å². The summed E-state index contributed by atoms with van der Waals surface area (Å²) in [7, 11) is 0. The molecule has 1 aromatic heterocycles. The van der Waals surface area contributed by atoms with E-state index in [1.165, 1.54) is 5.56 Å². The quantitative estimate of drug-likeness (QED) is 0.727. The number of nitrogens with zero attached hydrogens (tertiary/aromatic N) is 2. The largest absolute Gasteiger partial charge is 0.476 e. The molecule has 1 aliphatic carbocycles. The van der Waals surface area contributed by atoms with Crippen molar-refractivity contribution in [3.8, 4) is 11.3 Å². The van der Waals surface area contributed by atoms with E-state index >= 15 is 0 Å². The van der Waals surface area contributed by atoms with E-state index in [9.17, 15) is 9.90 Å². The Morgan fingerprint density at radius 3 is 2.69 bits per heavy atom. The van der Waals surface area contributed by atoms with Crippen molar-refractivity contribution in [2.24, 2.45) is 0 Å². The fraction of sp³-hybridized carbons (Fsp3) is 0.238. The van der Waals surface area contributed by atoms with Gasteiger partial charge in [0.05, 0.1) is 12.2 Å². The number of hydrogen-bond acceptors (Lipinski definition) is 2. The van der Waals surface area contributed by atoms with E-state index in [1.54, 1.807) is 0 Å². The van der Waals surface area contributed by atoms with E-state index in [0.717, 1.165) is 40.8 Å². The van der Waals surface area contributed by atoms with E-state index in [1.807, 2.05) is 29.8 Å². The van der Waals surface area contributed by atoms with Gasteiger partial charge < -0.3 is 5.11 Å². The molecule has 0 bridgehead atoms. The summed E-state index contributed by atoms with van der Waals surface area (Å²) >= 11 is 6.18. The minimum absolute atomic E-state index is 0.162. The topological polar surface area (TPSA) is 55.1 Å². The van der Waals surface area contributed by atoms with Crippen molar-refractivity contribution in [1.82, 2.24) is 9.78 Å². The van der Waals surface area contributed by atoms with Gasteiger partial charge in [-0.1, -0.05) is 47.5 Å². The Balaban J connectivity index is 1.89. The highest BCUT2D eigenvalue weighted by Crippen LogP contribution is 2.36. The lowest BCUT2D eigenvalue weighted by Gasteiger charge is -2.12. The standard InChI is InChI=1S/C21H19ClN2O2/c1-13-5-7-14(8-6-13)12-24-20-17-10-9-16(22)11-15(17)3-2-4-18(20)19(23-24)21(25)26/h5-11H,2-4,12H2,1H3,(H,25,26). The van der Waals surface area contributed by atoms with Gasteiger partial charge in [-0.15, -0.1) is 0 Å². The van der Waals surface area contributed by atoms with E-state index in [2.05, 4.69) is 29.4 Å². The van der Waals surface area contributed by atoms with Crippen LogP contribution in [0.2, 0.25) is 5.02 Å². The first-order valence-electron chi connectivity index (χ1n) is 8.70. The Labute approximate surface area is 157 Å². The average molecular weight is 367 g/mol. The van der Waals surface area contributed by atoms with Crippen LogP contribution in [-0.2, 0) is 19.4 Å². The third kappa shape index (κ3) is 3.01. The summed E-state index contributed by atoms with van der Waals surface area (Å²) in [6.07, 6.45) is 2.47. The van der Waals surface area contributed by atoms with Gasteiger partial charge in [0.25, 0.3) is 0 Å². The predicted molar refractivity (Wildman–Crippen MR) is 102 cm³/mol. The SMILES string of the molecule is Cc1ccc(Cn2nc(C(=O)O)c3c2-c2ccc(Cl)cc2CCC3)cc1. The summed E-state index contributed by atoms with van der Waals surface area (Å²) in [5.74, 6) is -0.971. The molecule has 0 fully saturated rings. The maximum atomic E-state index is 11.8. The minimum Gasteiger partial charge on any atom is -0.476 e. The fourth-order valence-electron chi connectivity index (χ4n) is 3.65. The van der Waals surface area contributed by atoms with Gasteiger partial charge in [0.2, 0.25) is 0 Å². The maximum absolute atomic E-state index is 11.8. The van der Waals surface area contributed by atoms with Crippen molar-refractivity contribution in [3.63, 3.8) is 0 Å². The number of carbonyl (C=O) groups is 1. The van der Waals surface area contributed by atoms with Crippen molar-refractivity contribution in [2.45, 2.75) is 32.7 Å². The summed E-state index contributed by atoms with van der Waals surface area (Å²) in [5.41, 5.74) is 6.37. The van der Waals surface area contributed by atoms with Gasteiger partial charge in [-0.25, -0.2) is 4.79 Å². The molecule has 3 aromatic rings. The molecule has 1 aliphatic rings. The Bertz CT molecular complexity index is 990. The number of aromatic nitrogens is 2. The molecule has 0 aliphatic heterocycles. The Kier molecular flexibility index (Phi) is 4.29. The lowest BCUT2D eigenvalue weighted by atomic mass is 10.0. The van der Waals surface area contributed by atoms with E-state index in [0.29, 0.717) is 18.0 Å². The van der Waals surface area contributed by atoms with Crippen LogP contribution in [-0.4, -0.2) is 20.9 Å². The smallest absolute Gasteiger partial charge is 0.356 e. The monoisotopic (exact) mass is 366 g/mol. The van der Waals surface area contributed by atoms with E-state index < -0.39 is 5.97 Å². The Morgan fingerprint density at radius 2 is 1.96 bits per heavy atom. The van der Waals surface area contributed by atoms with Gasteiger partial charge in [0, 0.05) is 16.1 Å². The van der Waals surface area contributed by atoms with Crippen LogP contribution in [0.3, 0.4) is 0 Å². The molecule has 0 amide bonds. The summed E-state index contributed by atoms with van der Waals surface area (Å²) in [4.78, 5) is 11.8. The second-order valence-corrected chi connectivity index (χ2v) is 7.22. The lowest BCUT2D eigenvalue weighted by molar-refractivity contribution is 0.0688. The van der Waals surface area contributed by atoms with E-state index in [4.69, 9.17) is 11.6 Å². The Hall–Kier alpha value is -2.59. The van der Waals surface area contributed by atoms with Crippen LogP contribution in [0.4, 0.5) is 0 Å². The number of aryl methyl sites for hydroxylation is 2. The first kappa shape index (κ1) is 16.9. The number of carboxylic acid groups (broad SMARTS) is 1. The molecule has 0 atom stereocenters. The van der Waals surface area contributed by atoms with Crippen LogP contribution in [0.15, 0.2) is 42.5 Å². The first-order chi connectivity index (χ1) is 12.5. The molecule has 26 heavy (non-hydrogen) atoms. The van der Waals surface area contributed by atoms with E-state index in [-0.39, 0.29) is 5.69 Å². The zero-order valence-corrected chi connectivity index (χ0v) is 15.3. The highest BCUT2D eigenvalue weighted by atomic mass is 35.5. The normalized spacial score (nSPS) is 13.0. The summed E-state index contributed by atoms with van der Waals surface area (Å²) in [5, 5.41) is 14.8. The average Bonchev–Trinajstić information content (AvgIpc) is 2.85. The number of benzene rings is 2. The molecule has 0 spiro atoms. The predicted octanol–water partition coefficient (Wildman–Crippen LogP) is 4.75. The molecule has 0 saturated heterocycles. The Morgan fingerprint density at radius 1 is 1.19 bits per heavy atom. The molecular formula is C21H19ClN2O2. The summed E-state index contributed by atoms with van der Waals surface area (Å²) in [6, 6.07) is 14.1. The number of hydrogen-bond donors (Lipinski definition) is 1. The zero-order valence-electron chi connectivity index (χ0n) is 14.5. The van der Waals surface area contributed by atoms with Crippen molar-refractivity contribution in [2.75, 3.05) is 0 Å². The van der Waals surface area contributed by atoms with Gasteiger partial charge in [-0.3, -0.25) is 4.68 Å². The van der Waals surface area contributed by atoms with Crippen molar-refractivity contribution in [3.05, 3.63) is 75.4 Å². The van der Waals surface area contributed by atoms with Crippen molar-refractivity contribution in [1.29, 1.82) is 0 Å². The zero-order chi connectivity index (χ0) is 18.3. The number of carboxylic acids is 1. The summed E-state index contributed by atoms with van der Waals surface area (Å²) < 4.78 is 1.83. The number of fused-ring (bicyclic) bond motifs is 3. The molecular weight excluding hydrogens is 348 g/mol. The molecule has 4 rings (SSSR count). The van der Waals surface area contributed by atoms with Crippen LogP contribution < -0.4 is 0 Å². The van der Waals surface area contributed by atoms with Gasteiger partial charge >= 0.3 is 5.97 Å².